The SMILES string of the molecule is CC(=O)Oc1cc2c(F)cccc2n1C. The van der Waals surface area contributed by atoms with Crippen LogP contribution < -0.4 is 4.74 Å². The molecule has 1 heterocycles. The zero-order valence-electron chi connectivity index (χ0n) is 8.45. The van der Waals surface area contributed by atoms with E-state index >= 15 is 0 Å². The highest BCUT2D eigenvalue weighted by Crippen LogP contribution is 2.26. The van der Waals surface area contributed by atoms with Gasteiger partial charge in [0, 0.05) is 25.4 Å². The van der Waals surface area contributed by atoms with E-state index in [1.165, 1.54) is 19.1 Å². The minimum atomic E-state index is -0.415. The fraction of sp³-hybridized carbons (Fsp3) is 0.182. The number of nitrogens with zero attached hydrogens (tertiary/aromatic N) is 1. The van der Waals surface area contributed by atoms with Crippen LogP contribution in [0.5, 0.6) is 5.88 Å². The van der Waals surface area contributed by atoms with Crippen molar-refractivity contribution >= 4 is 16.9 Å². The number of rotatable bonds is 1. The molecule has 0 aliphatic carbocycles. The second kappa shape index (κ2) is 3.38. The summed E-state index contributed by atoms with van der Waals surface area (Å²) in [5, 5.41) is 0.455. The van der Waals surface area contributed by atoms with Gasteiger partial charge in [-0.1, -0.05) is 6.07 Å². The van der Waals surface area contributed by atoms with Gasteiger partial charge in [0.25, 0.3) is 0 Å². The number of aryl methyl sites for hydroxylation is 1. The first kappa shape index (κ1) is 9.71. The molecule has 3 nitrogen and oxygen atoms in total. The Labute approximate surface area is 86.1 Å². The van der Waals surface area contributed by atoms with Crippen LogP contribution in [0.25, 0.3) is 10.9 Å². The van der Waals surface area contributed by atoms with E-state index in [0.29, 0.717) is 16.8 Å². The van der Waals surface area contributed by atoms with Gasteiger partial charge in [-0.2, -0.15) is 0 Å². The smallest absolute Gasteiger partial charge is 0.309 e. The Morgan fingerprint density at radius 3 is 2.80 bits per heavy atom. The van der Waals surface area contributed by atoms with E-state index < -0.39 is 5.97 Å². The lowest BCUT2D eigenvalue weighted by Crippen LogP contribution is -2.04. The van der Waals surface area contributed by atoms with Crippen molar-refractivity contribution in [2.45, 2.75) is 6.92 Å². The third kappa shape index (κ3) is 1.58. The van der Waals surface area contributed by atoms with Crippen LogP contribution in [-0.2, 0) is 11.8 Å². The molecule has 78 valence electrons. The van der Waals surface area contributed by atoms with Crippen molar-refractivity contribution in [2.24, 2.45) is 7.05 Å². The van der Waals surface area contributed by atoms with Gasteiger partial charge in [0.05, 0.1) is 5.52 Å². The molecule has 1 aromatic heterocycles. The molecule has 0 amide bonds. The minimum Gasteiger partial charge on any atom is -0.409 e. The first-order valence-electron chi connectivity index (χ1n) is 4.52. The maximum atomic E-state index is 13.4. The number of fused-ring (bicyclic) bond motifs is 1. The van der Waals surface area contributed by atoms with Crippen LogP contribution in [0.1, 0.15) is 6.92 Å². The van der Waals surface area contributed by atoms with Crippen molar-refractivity contribution in [1.29, 1.82) is 0 Å². The second-order valence-corrected chi connectivity index (χ2v) is 3.31. The summed E-state index contributed by atoms with van der Waals surface area (Å²) in [6.45, 7) is 1.31. The monoisotopic (exact) mass is 207 g/mol. The van der Waals surface area contributed by atoms with Gasteiger partial charge in [0.2, 0.25) is 5.88 Å². The highest BCUT2D eigenvalue weighted by Gasteiger charge is 2.10. The standard InChI is InChI=1S/C11H10FNO2/c1-7(14)15-11-6-8-9(12)4-3-5-10(8)13(11)2/h3-6H,1-2H3. The Morgan fingerprint density at radius 1 is 1.47 bits per heavy atom. The molecule has 0 radical (unpaired) electrons. The molecule has 0 unspecified atom stereocenters. The van der Waals surface area contributed by atoms with Crippen LogP contribution in [0.15, 0.2) is 24.3 Å². The van der Waals surface area contributed by atoms with E-state index in [9.17, 15) is 9.18 Å². The molecule has 0 aliphatic rings. The Kier molecular flexibility index (Phi) is 2.19. The number of aromatic nitrogens is 1. The van der Waals surface area contributed by atoms with Gasteiger partial charge in [0.1, 0.15) is 5.82 Å². The zero-order chi connectivity index (χ0) is 11.0. The van der Waals surface area contributed by atoms with E-state index in [1.54, 1.807) is 23.7 Å². The van der Waals surface area contributed by atoms with E-state index in [-0.39, 0.29) is 5.82 Å². The summed E-state index contributed by atoms with van der Waals surface area (Å²) in [6, 6.07) is 6.28. The van der Waals surface area contributed by atoms with Crippen LogP contribution in [0.2, 0.25) is 0 Å². The Hall–Kier alpha value is -1.84. The maximum Gasteiger partial charge on any atom is 0.309 e. The third-order valence-corrected chi connectivity index (χ3v) is 2.24. The average Bonchev–Trinajstić information content (AvgIpc) is 2.46. The van der Waals surface area contributed by atoms with E-state index in [0.717, 1.165) is 0 Å². The summed E-state index contributed by atoms with van der Waals surface area (Å²) >= 11 is 0. The van der Waals surface area contributed by atoms with E-state index in [4.69, 9.17) is 4.74 Å². The second-order valence-electron chi connectivity index (χ2n) is 3.31. The summed E-state index contributed by atoms with van der Waals surface area (Å²) in [5.74, 6) is -0.384. The molecule has 0 spiro atoms. The van der Waals surface area contributed by atoms with Gasteiger partial charge in [-0.25, -0.2) is 4.39 Å². The summed E-state index contributed by atoms with van der Waals surface area (Å²) in [6.07, 6.45) is 0. The number of halogens is 1. The van der Waals surface area contributed by atoms with Gasteiger partial charge in [-0.3, -0.25) is 4.79 Å². The molecule has 0 saturated carbocycles. The van der Waals surface area contributed by atoms with Gasteiger partial charge in [-0.15, -0.1) is 0 Å². The number of esters is 1. The molecule has 0 saturated heterocycles. The minimum absolute atomic E-state index is 0.318. The Balaban J connectivity index is 2.64. The van der Waals surface area contributed by atoms with Crippen LogP contribution in [0.4, 0.5) is 4.39 Å². The summed E-state index contributed by atoms with van der Waals surface area (Å²) in [7, 11) is 1.72. The first-order valence-corrected chi connectivity index (χ1v) is 4.52. The normalized spacial score (nSPS) is 10.6. The van der Waals surface area contributed by atoms with Crippen LogP contribution in [0, 0.1) is 5.82 Å². The quantitative estimate of drug-likeness (QED) is 0.671. The largest absolute Gasteiger partial charge is 0.409 e. The molecule has 4 heteroatoms. The number of hydrogen-bond acceptors (Lipinski definition) is 2. The molecule has 1 aromatic carbocycles. The summed E-state index contributed by atoms with van der Waals surface area (Å²) < 4.78 is 19.9. The number of hydrogen-bond donors (Lipinski definition) is 0. The number of carbonyl (C=O) groups excluding carboxylic acids is 1. The van der Waals surface area contributed by atoms with Crippen molar-refractivity contribution in [2.75, 3.05) is 0 Å². The van der Waals surface area contributed by atoms with Crippen molar-refractivity contribution in [3.05, 3.63) is 30.1 Å². The number of carbonyl (C=O) groups is 1. The predicted molar refractivity (Wildman–Crippen MR) is 54.2 cm³/mol. The van der Waals surface area contributed by atoms with Gasteiger partial charge >= 0.3 is 5.97 Å². The lowest BCUT2D eigenvalue weighted by atomic mass is 10.2. The topological polar surface area (TPSA) is 31.2 Å². The van der Waals surface area contributed by atoms with Crippen LogP contribution >= 0.6 is 0 Å². The number of ether oxygens (including phenoxy) is 1. The van der Waals surface area contributed by atoms with Crippen molar-refractivity contribution in [3.8, 4) is 5.88 Å². The fourth-order valence-corrected chi connectivity index (χ4v) is 1.55. The molecule has 15 heavy (non-hydrogen) atoms. The van der Waals surface area contributed by atoms with Crippen molar-refractivity contribution < 1.29 is 13.9 Å². The Morgan fingerprint density at radius 2 is 2.20 bits per heavy atom. The summed E-state index contributed by atoms with van der Waals surface area (Å²) in [4.78, 5) is 10.8. The maximum absolute atomic E-state index is 13.4. The molecule has 2 rings (SSSR count). The molecule has 0 fully saturated rings. The molecule has 0 aliphatic heterocycles. The average molecular weight is 207 g/mol. The fourth-order valence-electron chi connectivity index (χ4n) is 1.55. The van der Waals surface area contributed by atoms with Gasteiger partial charge in [0.15, 0.2) is 0 Å². The lowest BCUT2D eigenvalue weighted by Gasteiger charge is -2.02. The van der Waals surface area contributed by atoms with Gasteiger partial charge in [-0.05, 0) is 12.1 Å². The molecule has 0 bridgehead atoms. The highest BCUT2D eigenvalue weighted by atomic mass is 19.1. The summed E-state index contributed by atoms with van der Waals surface area (Å²) in [5.41, 5.74) is 0.700. The van der Waals surface area contributed by atoms with Gasteiger partial charge < -0.3 is 9.30 Å². The molecule has 2 aromatic rings. The van der Waals surface area contributed by atoms with Crippen molar-refractivity contribution in [1.82, 2.24) is 4.57 Å². The Bertz CT molecular complexity index is 531. The third-order valence-electron chi connectivity index (χ3n) is 2.24. The molecular weight excluding hydrogens is 197 g/mol. The molecule has 0 atom stereocenters. The predicted octanol–water partition coefficient (Wildman–Crippen LogP) is 2.24. The van der Waals surface area contributed by atoms with Crippen molar-refractivity contribution in [3.63, 3.8) is 0 Å². The highest BCUT2D eigenvalue weighted by molar-refractivity contribution is 5.84. The molecular formula is C11H10FNO2. The molecule has 0 N–H and O–H groups in total. The van der Waals surface area contributed by atoms with Crippen LogP contribution in [0.3, 0.4) is 0 Å². The van der Waals surface area contributed by atoms with Crippen LogP contribution in [-0.4, -0.2) is 10.5 Å². The first-order chi connectivity index (χ1) is 7.09. The van der Waals surface area contributed by atoms with E-state index in [2.05, 4.69) is 0 Å². The zero-order valence-corrected chi connectivity index (χ0v) is 8.45. The van der Waals surface area contributed by atoms with E-state index in [1.807, 2.05) is 0 Å². The number of benzene rings is 1. The lowest BCUT2D eigenvalue weighted by molar-refractivity contribution is -0.132.